The molecule has 0 saturated heterocycles. The number of ether oxygens (including phenoxy) is 1. The molecular formula is C17H26NO2+. The van der Waals surface area contributed by atoms with Crippen LogP contribution >= 0.6 is 0 Å². The fourth-order valence-electron chi connectivity index (χ4n) is 3.15. The van der Waals surface area contributed by atoms with Crippen molar-refractivity contribution in [1.82, 2.24) is 0 Å². The SMILES string of the molecule is CC(C)[C@H]1CC[C@@H](C)C[C@@H]1OC(=O)C[n+]1ccccc1. The van der Waals surface area contributed by atoms with Gasteiger partial charge in [-0.1, -0.05) is 33.3 Å². The molecule has 0 spiro atoms. The van der Waals surface area contributed by atoms with Crippen LogP contribution in [0.15, 0.2) is 30.6 Å². The molecule has 3 nitrogen and oxygen atoms in total. The summed E-state index contributed by atoms with van der Waals surface area (Å²) < 4.78 is 7.64. The molecule has 110 valence electrons. The zero-order valence-electron chi connectivity index (χ0n) is 12.8. The number of nitrogens with zero attached hydrogens (tertiary/aromatic N) is 1. The van der Waals surface area contributed by atoms with E-state index >= 15 is 0 Å². The molecule has 0 bridgehead atoms. The first-order valence-electron chi connectivity index (χ1n) is 7.70. The van der Waals surface area contributed by atoms with Gasteiger partial charge in [-0.05, 0) is 30.6 Å². The van der Waals surface area contributed by atoms with Gasteiger partial charge < -0.3 is 4.74 Å². The summed E-state index contributed by atoms with van der Waals surface area (Å²) in [6, 6.07) is 5.79. The Hall–Kier alpha value is -1.38. The van der Waals surface area contributed by atoms with Crippen LogP contribution in [-0.4, -0.2) is 12.1 Å². The van der Waals surface area contributed by atoms with Crippen molar-refractivity contribution in [1.29, 1.82) is 0 Å². The van der Waals surface area contributed by atoms with Crippen LogP contribution in [-0.2, 0) is 16.1 Å². The van der Waals surface area contributed by atoms with Crippen LogP contribution in [0.2, 0.25) is 0 Å². The molecule has 1 aliphatic carbocycles. The molecule has 0 aliphatic heterocycles. The van der Waals surface area contributed by atoms with Gasteiger partial charge in [0.15, 0.2) is 12.4 Å². The average molecular weight is 276 g/mol. The predicted molar refractivity (Wildman–Crippen MR) is 77.9 cm³/mol. The molecule has 1 heterocycles. The van der Waals surface area contributed by atoms with E-state index < -0.39 is 0 Å². The Morgan fingerprint density at radius 2 is 1.95 bits per heavy atom. The van der Waals surface area contributed by atoms with Crippen molar-refractivity contribution in [2.24, 2.45) is 17.8 Å². The molecule has 0 unspecified atom stereocenters. The first-order valence-corrected chi connectivity index (χ1v) is 7.70. The molecule has 20 heavy (non-hydrogen) atoms. The van der Waals surface area contributed by atoms with Crippen LogP contribution in [0, 0.1) is 17.8 Å². The van der Waals surface area contributed by atoms with Crippen LogP contribution < -0.4 is 4.57 Å². The van der Waals surface area contributed by atoms with Gasteiger partial charge in [-0.3, -0.25) is 0 Å². The highest BCUT2D eigenvalue weighted by atomic mass is 16.5. The zero-order chi connectivity index (χ0) is 14.5. The van der Waals surface area contributed by atoms with Crippen LogP contribution in [0.5, 0.6) is 0 Å². The molecular weight excluding hydrogens is 250 g/mol. The number of aromatic nitrogens is 1. The number of pyridine rings is 1. The minimum Gasteiger partial charge on any atom is -0.457 e. The standard InChI is InChI=1S/C17H26NO2/c1-13(2)15-8-7-14(3)11-16(15)20-17(19)12-18-9-5-4-6-10-18/h4-6,9-10,13-16H,7-8,11-12H2,1-3H3/q+1/t14-,15-,16+/m1/s1. The first kappa shape index (κ1) is 15.0. The second kappa shape index (κ2) is 6.87. The number of rotatable bonds is 4. The molecule has 0 aromatic carbocycles. The van der Waals surface area contributed by atoms with Crippen molar-refractivity contribution >= 4 is 5.97 Å². The van der Waals surface area contributed by atoms with Gasteiger partial charge in [-0.25, -0.2) is 4.79 Å². The van der Waals surface area contributed by atoms with E-state index in [-0.39, 0.29) is 12.1 Å². The lowest BCUT2D eigenvalue weighted by atomic mass is 9.75. The summed E-state index contributed by atoms with van der Waals surface area (Å²) in [7, 11) is 0. The van der Waals surface area contributed by atoms with E-state index in [2.05, 4.69) is 20.8 Å². The number of hydrogen-bond donors (Lipinski definition) is 0. The average Bonchev–Trinajstić information content (AvgIpc) is 2.39. The summed E-state index contributed by atoms with van der Waals surface area (Å²) >= 11 is 0. The van der Waals surface area contributed by atoms with Gasteiger partial charge in [-0.15, -0.1) is 0 Å². The summed E-state index contributed by atoms with van der Waals surface area (Å²) in [6.07, 6.45) is 7.32. The molecule has 1 aromatic heterocycles. The van der Waals surface area contributed by atoms with Gasteiger partial charge in [0.25, 0.3) is 0 Å². The highest BCUT2D eigenvalue weighted by molar-refractivity contribution is 5.67. The van der Waals surface area contributed by atoms with Gasteiger partial charge in [0.05, 0.1) is 0 Å². The molecule has 3 heteroatoms. The molecule has 0 radical (unpaired) electrons. The van der Waals surface area contributed by atoms with Crippen LogP contribution in [0.1, 0.15) is 40.0 Å². The highest BCUT2D eigenvalue weighted by Gasteiger charge is 2.33. The lowest BCUT2D eigenvalue weighted by Gasteiger charge is -2.36. The second-order valence-electron chi connectivity index (χ2n) is 6.40. The fourth-order valence-corrected chi connectivity index (χ4v) is 3.15. The minimum absolute atomic E-state index is 0.0931. The Kier molecular flexibility index (Phi) is 5.16. The van der Waals surface area contributed by atoms with E-state index in [1.165, 1.54) is 12.8 Å². The third kappa shape index (κ3) is 4.06. The Labute approximate surface area is 122 Å². The van der Waals surface area contributed by atoms with Crippen molar-refractivity contribution < 1.29 is 14.1 Å². The summed E-state index contributed by atoms with van der Waals surface area (Å²) in [5.41, 5.74) is 0. The Balaban J connectivity index is 1.94. The van der Waals surface area contributed by atoms with E-state index in [1.54, 1.807) is 0 Å². The van der Waals surface area contributed by atoms with E-state index in [4.69, 9.17) is 4.74 Å². The molecule has 2 rings (SSSR count). The van der Waals surface area contributed by atoms with Crippen LogP contribution in [0.3, 0.4) is 0 Å². The van der Waals surface area contributed by atoms with E-state index in [0.29, 0.717) is 24.3 Å². The van der Waals surface area contributed by atoms with Crippen LogP contribution in [0.4, 0.5) is 0 Å². The summed E-state index contributed by atoms with van der Waals surface area (Å²) in [5, 5.41) is 0. The third-order valence-corrected chi connectivity index (χ3v) is 4.33. The number of carbonyl (C=O) groups is 1. The summed E-state index contributed by atoms with van der Waals surface area (Å²) in [5.74, 6) is 1.62. The monoisotopic (exact) mass is 276 g/mol. The highest BCUT2D eigenvalue weighted by Crippen LogP contribution is 2.35. The molecule has 0 N–H and O–H groups in total. The van der Waals surface area contributed by atoms with E-state index in [0.717, 1.165) is 6.42 Å². The molecule has 3 atom stereocenters. The van der Waals surface area contributed by atoms with Crippen molar-refractivity contribution in [3.8, 4) is 0 Å². The maximum atomic E-state index is 12.1. The zero-order valence-corrected chi connectivity index (χ0v) is 12.8. The molecule has 1 aliphatic rings. The van der Waals surface area contributed by atoms with Crippen molar-refractivity contribution in [2.75, 3.05) is 0 Å². The summed E-state index contributed by atoms with van der Waals surface area (Å²) in [6.45, 7) is 7.01. The quantitative estimate of drug-likeness (QED) is 0.625. The maximum absolute atomic E-state index is 12.1. The van der Waals surface area contributed by atoms with Crippen molar-refractivity contribution in [3.63, 3.8) is 0 Å². The first-order chi connectivity index (χ1) is 9.56. The van der Waals surface area contributed by atoms with Gasteiger partial charge in [0.2, 0.25) is 6.54 Å². The number of carbonyl (C=O) groups excluding carboxylic acids is 1. The van der Waals surface area contributed by atoms with E-state index in [9.17, 15) is 4.79 Å². The van der Waals surface area contributed by atoms with E-state index in [1.807, 2.05) is 35.2 Å². The lowest BCUT2D eigenvalue weighted by Crippen LogP contribution is -2.42. The summed E-state index contributed by atoms with van der Waals surface area (Å²) in [4.78, 5) is 12.1. The Bertz CT molecular complexity index is 430. The third-order valence-electron chi connectivity index (χ3n) is 4.33. The fraction of sp³-hybridized carbons (Fsp3) is 0.647. The largest absolute Gasteiger partial charge is 0.457 e. The predicted octanol–water partition coefficient (Wildman–Crippen LogP) is 2.98. The molecule has 0 amide bonds. The van der Waals surface area contributed by atoms with Crippen molar-refractivity contribution in [2.45, 2.75) is 52.7 Å². The number of hydrogen-bond acceptors (Lipinski definition) is 2. The Morgan fingerprint density at radius 3 is 2.60 bits per heavy atom. The molecule has 1 fully saturated rings. The van der Waals surface area contributed by atoms with Gasteiger partial charge in [0.1, 0.15) is 6.10 Å². The minimum atomic E-state index is -0.119. The Morgan fingerprint density at radius 1 is 1.25 bits per heavy atom. The normalized spacial score (nSPS) is 26.5. The van der Waals surface area contributed by atoms with Gasteiger partial charge in [0, 0.05) is 12.1 Å². The maximum Gasteiger partial charge on any atom is 0.372 e. The topological polar surface area (TPSA) is 30.2 Å². The van der Waals surface area contributed by atoms with Gasteiger partial charge >= 0.3 is 5.97 Å². The van der Waals surface area contributed by atoms with Gasteiger partial charge in [-0.2, -0.15) is 4.57 Å². The number of esters is 1. The second-order valence-corrected chi connectivity index (χ2v) is 6.40. The smallest absolute Gasteiger partial charge is 0.372 e. The van der Waals surface area contributed by atoms with Crippen molar-refractivity contribution in [3.05, 3.63) is 30.6 Å². The van der Waals surface area contributed by atoms with Crippen LogP contribution in [0.25, 0.3) is 0 Å². The molecule has 1 saturated carbocycles. The molecule has 1 aromatic rings. The lowest BCUT2D eigenvalue weighted by molar-refractivity contribution is -0.686.